The van der Waals surface area contributed by atoms with Gasteiger partial charge >= 0.3 is 0 Å². The van der Waals surface area contributed by atoms with E-state index in [9.17, 15) is 27.7 Å². The maximum Gasteiger partial charge on any atom is 0.298 e. The molecule has 2 atom stereocenters. The fraction of sp³-hybridized carbons (Fsp3) is 0.310. The molecule has 0 saturated heterocycles. The number of benzene rings is 3. The third kappa shape index (κ3) is 4.79. The molecule has 2 aliphatic rings. The van der Waals surface area contributed by atoms with Crippen molar-refractivity contribution >= 4 is 38.7 Å². The lowest BCUT2D eigenvalue weighted by atomic mass is 9.70. The van der Waals surface area contributed by atoms with Crippen LogP contribution in [0.15, 0.2) is 59.5 Å². The molecule has 0 bridgehead atoms. The van der Waals surface area contributed by atoms with Gasteiger partial charge in [-0.2, -0.15) is 8.42 Å². The average Bonchev–Trinajstić information content (AvgIpc) is 2.82. The van der Waals surface area contributed by atoms with E-state index in [1.54, 1.807) is 36.4 Å². The van der Waals surface area contributed by atoms with Gasteiger partial charge in [0.2, 0.25) is 0 Å². The van der Waals surface area contributed by atoms with Crippen LogP contribution in [0, 0.1) is 11.3 Å². The summed E-state index contributed by atoms with van der Waals surface area (Å²) < 4.78 is 32.8. The van der Waals surface area contributed by atoms with E-state index in [2.05, 4.69) is 31.4 Å². The van der Waals surface area contributed by atoms with Crippen molar-refractivity contribution in [2.45, 2.75) is 51.0 Å². The highest BCUT2D eigenvalue weighted by Gasteiger charge is 2.36. The van der Waals surface area contributed by atoms with E-state index < -0.39 is 20.8 Å². The van der Waals surface area contributed by atoms with Crippen molar-refractivity contribution < 1.29 is 27.7 Å². The number of ketones is 2. The number of hydrogen-bond acceptors (Lipinski definition) is 7. The molecule has 5 rings (SSSR count). The lowest BCUT2D eigenvalue weighted by molar-refractivity contribution is 0.0980. The summed E-state index contributed by atoms with van der Waals surface area (Å²) >= 11 is 0. The molecule has 0 spiro atoms. The zero-order valence-corrected chi connectivity index (χ0v) is 22.2. The van der Waals surface area contributed by atoms with Gasteiger partial charge in [0.25, 0.3) is 10.1 Å². The third-order valence-electron chi connectivity index (χ3n) is 7.34. The smallest absolute Gasteiger partial charge is 0.298 e. The maximum atomic E-state index is 13.8. The number of rotatable bonds is 5. The van der Waals surface area contributed by atoms with Crippen LogP contribution in [-0.2, 0) is 10.1 Å². The van der Waals surface area contributed by atoms with Crippen LogP contribution in [0.3, 0.4) is 0 Å². The van der Waals surface area contributed by atoms with E-state index in [0.717, 1.165) is 31.4 Å². The standard InChI is InChI=1S/C29H30N2O6S/c1-16-12-18(15-29(2,3)14-16)31-22-10-9-21(30-17-8-11-23(32)24(13-17)38(35,36)37)25-26(22)28(34)20-7-5-4-6-19(20)27(25)33/h4-11,13,16,18,30-32H,12,14-15H2,1-3H3,(H,35,36,37). The summed E-state index contributed by atoms with van der Waals surface area (Å²) in [6.07, 6.45) is 2.99. The van der Waals surface area contributed by atoms with Gasteiger partial charge in [-0.3, -0.25) is 14.1 Å². The van der Waals surface area contributed by atoms with Crippen molar-refractivity contribution in [3.63, 3.8) is 0 Å². The second-order valence-corrected chi connectivity index (χ2v) is 12.5. The average molecular weight is 535 g/mol. The van der Waals surface area contributed by atoms with Crippen LogP contribution >= 0.6 is 0 Å². The van der Waals surface area contributed by atoms with Gasteiger partial charge in [0.1, 0.15) is 10.6 Å². The summed E-state index contributed by atoms with van der Waals surface area (Å²) in [5.74, 6) is -0.691. The second-order valence-electron chi connectivity index (χ2n) is 11.2. The monoisotopic (exact) mass is 534 g/mol. The zero-order valence-electron chi connectivity index (χ0n) is 21.4. The number of aromatic hydroxyl groups is 1. The van der Waals surface area contributed by atoms with Crippen LogP contribution in [-0.4, -0.2) is 35.7 Å². The molecule has 4 N–H and O–H groups in total. The Balaban J connectivity index is 1.61. The van der Waals surface area contributed by atoms with E-state index in [4.69, 9.17) is 0 Å². The predicted molar refractivity (Wildman–Crippen MR) is 145 cm³/mol. The molecule has 0 aromatic heterocycles. The molecule has 3 aromatic rings. The Hall–Kier alpha value is -3.69. The van der Waals surface area contributed by atoms with Crippen LogP contribution < -0.4 is 10.6 Å². The Kier molecular flexibility index (Phi) is 6.31. The van der Waals surface area contributed by atoms with Crippen LogP contribution in [0.1, 0.15) is 71.9 Å². The normalized spacial score (nSPS) is 20.4. The Morgan fingerprint density at radius 3 is 2.11 bits per heavy atom. The maximum absolute atomic E-state index is 13.8. The molecule has 0 amide bonds. The molecule has 1 saturated carbocycles. The quantitative estimate of drug-likeness (QED) is 0.187. The van der Waals surface area contributed by atoms with Gasteiger partial charge in [0, 0.05) is 28.5 Å². The number of nitrogens with one attached hydrogen (secondary N) is 2. The Morgan fingerprint density at radius 1 is 0.895 bits per heavy atom. The molecule has 8 nitrogen and oxygen atoms in total. The SMILES string of the molecule is CC1CC(Nc2ccc(Nc3ccc(O)c(S(=O)(=O)O)c3)c3c2C(=O)c2ccccc2C3=O)CC(C)(C)C1. The number of phenolic OH excluding ortho intramolecular Hbond substituents is 1. The Bertz CT molecular complexity index is 1580. The van der Waals surface area contributed by atoms with Crippen molar-refractivity contribution in [2.24, 2.45) is 11.3 Å². The summed E-state index contributed by atoms with van der Waals surface area (Å²) in [6, 6.07) is 13.9. The van der Waals surface area contributed by atoms with E-state index in [1.807, 2.05) is 0 Å². The minimum absolute atomic E-state index is 0.131. The first-order valence-corrected chi connectivity index (χ1v) is 14.0. The van der Waals surface area contributed by atoms with Crippen LogP contribution in [0.2, 0.25) is 0 Å². The molecule has 3 aromatic carbocycles. The van der Waals surface area contributed by atoms with Gasteiger partial charge in [0.15, 0.2) is 11.6 Å². The summed E-state index contributed by atoms with van der Waals surface area (Å²) in [7, 11) is -4.68. The number of hydrogen-bond donors (Lipinski definition) is 4. The van der Waals surface area contributed by atoms with Crippen molar-refractivity contribution in [1.29, 1.82) is 0 Å². The van der Waals surface area contributed by atoms with E-state index >= 15 is 0 Å². The molecular weight excluding hydrogens is 504 g/mol. The van der Waals surface area contributed by atoms with Gasteiger partial charge in [-0.1, -0.05) is 45.0 Å². The van der Waals surface area contributed by atoms with E-state index in [0.29, 0.717) is 28.4 Å². The molecule has 0 heterocycles. The molecule has 9 heteroatoms. The third-order valence-corrected chi connectivity index (χ3v) is 8.22. The number of carbonyl (C=O) groups is 2. The number of anilines is 3. The van der Waals surface area contributed by atoms with Gasteiger partial charge in [0.05, 0.1) is 16.8 Å². The Morgan fingerprint density at radius 2 is 1.50 bits per heavy atom. The van der Waals surface area contributed by atoms with Crippen molar-refractivity contribution in [3.05, 3.63) is 76.9 Å². The molecule has 0 radical (unpaired) electrons. The zero-order chi connectivity index (χ0) is 27.4. The van der Waals surface area contributed by atoms with Crippen molar-refractivity contribution in [1.82, 2.24) is 0 Å². The van der Waals surface area contributed by atoms with Crippen LogP contribution in [0.5, 0.6) is 5.75 Å². The predicted octanol–water partition coefficient (Wildman–Crippen LogP) is 5.78. The summed E-state index contributed by atoms with van der Waals surface area (Å²) in [5, 5.41) is 16.5. The molecular formula is C29H30N2O6S. The van der Waals surface area contributed by atoms with E-state index in [1.165, 1.54) is 6.07 Å². The highest BCUT2D eigenvalue weighted by molar-refractivity contribution is 7.86. The first-order valence-electron chi connectivity index (χ1n) is 12.5. The molecule has 198 valence electrons. The second kappa shape index (κ2) is 9.25. The van der Waals surface area contributed by atoms with Crippen molar-refractivity contribution in [3.8, 4) is 5.75 Å². The molecule has 2 unspecified atom stereocenters. The minimum atomic E-state index is -4.68. The molecule has 38 heavy (non-hydrogen) atoms. The van der Waals surface area contributed by atoms with Crippen molar-refractivity contribution in [2.75, 3.05) is 10.6 Å². The number of phenols is 1. The molecule has 1 fully saturated rings. The van der Waals surface area contributed by atoms with Gasteiger partial charge in [-0.15, -0.1) is 0 Å². The fourth-order valence-electron chi connectivity index (χ4n) is 6.08. The lowest BCUT2D eigenvalue weighted by Gasteiger charge is -2.40. The molecule has 2 aliphatic carbocycles. The summed E-state index contributed by atoms with van der Waals surface area (Å²) in [5.41, 5.74) is 2.32. The molecule has 0 aliphatic heterocycles. The fourth-order valence-corrected chi connectivity index (χ4v) is 6.69. The summed E-state index contributed by atoms with van der Waals surface area (Å²) in [4.78, 5) is 26.9. The number of carbonyl (C=O) groups excluding carboxylic acids is 2. The first-order chi connectivity index (χ1) is 17.8. The summed E-state index contributed by atoms with van der Waals surface area (Å²) in [6.45, 7) is 6.70. The Labute approximate surface area is 221 Å². The largest absolute Gasteiger partial charge is 0.506 e. The van der Waals surface area contributed by atoms with Crippen LogP contribution in [0.25, 0.3) is 0 Å². The highest BCUT2D eigenvalue weighted by Crippen LogP contribution is 2.42. The van der Waals surface area contributed by atoms with Crippen LogP contribution in [0.4, 0.5) is 17.1 Å². The van der Waals surface area contributed by atoms with Gasteiger partial charge in [-0.25, -0.2) is 0 Å². The number of fused-ring (bicyclic) bond motifs is 2. The minimum Gasteiger partial charge on any atom is -0.506 e. The highest BCUT2D eigenvalue weighted by atomic mass is 32.2. The lowest BCUT2D eigenvalue weighted by Crippen LogP contribution is -2.36. The van der Waals surface area contributed by atoms with Gasteiger partial charge in [-0.05, 0) is 60.9 Å². The first kappa shape index (κ1) is 25.9. The van der Waals surface area contributed by atoms with E-state index in [-0.39, 0.29) is 39.8 Å². The van der Waals surface area contributed by atoms with Gasteiger partial charge < -0.3 is 15.7 Å². The topological polar surface area (TPSA) is 133 Å².